The van der Waals surface area contributed by atoms with Crippen molar-refractivity contribution in [3.05, 3.63) is 23.8 Å². The van der Waals surface area contributed by atoms with E-state index in [0.717, 1.165) is 31.3 Å². The molecule has 0 radical (unpaired) electrons. The van der Waals surface area contributed by atoms with Gasteiger partial charge in [0.2, 0.25) is 0 Å². The van der Waals surface area contributed by atoms with Crippen LogP contribution in [0.4, 0.5) is 0 Å². The standard InChI is InChI=1S/C13H18O3/c1-15-12(14)11-9-13(16-2)7-4-3-5-10(11)6-8-13/h6,8-10H,3-5,7H2,1-2H3/t10-,13-/m0/s1. The van der Waals surface area contributed by atoms with Gasteiger partial charge in [0, 0.05) is 18.6 Å². The first kappa shape index (κ1) is 11.4. The number of allylic oxidation sites excluding steroid dienone is 1. The van der Waals surface area contributed by atoms with Crippen molar-refractivity contribution in [1.29, 1.82) is 0 Å². The average Bonchev–Trinajstić information content (AvgIpc) is 2.29. The molecule has 0 N–H and O–H groups in total. The van der Waals surface area contributed by atoms with E-state index in [-0.39, 0.29) is 17.5 Å². The summed E-state index contributed by atoms with van der Waals surface area (Å²) in [6.45, 7) is 0. The highest BCUT2D eigenvalue weighted by Crippen LogP contribution is 2.37. The fourth-order valence-electron chi connectivity index (χ4n) is 2.53. The second kappa shape index (κ2) is 4.42. The van der Waals surface area contributed by atoms with Gasteiger partial charge in [-0.1, -0.05) is 18.6 Å². The summed E-state index contributed by atoms with van der Waals surface area (Å²) >= 11 is 0. The Hall–Kier alpha value is -1.09. The van der Waals surface area contributed by atoms with Crippen LogP contribution in [0.25, 0.3) is 0 Å². The van der Waals surface area contributed by atoms with Gasteiger partial charge in [0.05, 0.1) is 7.11 Å². The molecule has 0 fully saturated rings. The molecule has 0 spiro atoms. The first-order valence-electron chi connectivity index (χ1n) is 5.76. The zero-order valence-corrected chi connectivity index (χ0v) is 9.86. The SMILES string of the molecule is COC(=O)C1=C[C@@]2(OC)C=C[C@@H]1CCCC2. The fraction of sp³-hybridized carbons (Fsp3) is 0.615. The maximum atomic E-state index is 11.7. The van der Waals surface area contributed by atoms with Crippen molar-refractivity contribution in [3.63, 3.8) is 0 Å². The second-order valence-electron chi connectivity index (χ2n) is 4.46. The van der Waals surface area contributed by atoms with Crippen molar-refractivity contribution >= 4 is 5.97 Å². The molecule has 3 aliphatic rings. The van der Waals surface area contributed by atoms with E-state index in [9.17, 15) is 4.79 Å². The maximum absolute atomic E-state index is 11.7. The van der Waals surface area contributed by atoms with Gasteiger partial charge in [-0.25, -0.2) is 4.79 Å². The van der Waals surface area contributed by atoms with E-state index in [1.165, 1.54) is 7.11 Å². The Bertz CT molecular complexity index is 343. The molecule has 3 rings (SSSR count). The molecule has 16 heavy (non-hydrogen) atoms. The van der Waals surface area contributed by atoms with E-state index in [0.29, 0.717) is 0 Å². The number of hydrogen-bond acceptors (Lipinski definition) is 3. The lowest BCUT2D eigenvalue weighted by Crippen LogP contribution is -2.33. The van der Waals surface area contributed by atoms with E-state index in [2.05, 4.69) is 12.2 Å². The quantitative estimate of drug-likeness (QED) is 0.531. The van der Waals surface area contributed by atoms with Crippen LogP contribution in [0, 0.1) is 5.92 Å². The fourth-order valence-corrected chi connectivity index (χ4v) is 2.53. The Balaban J connectivity index is 2.36. The first-order valence-corrected chi connectivity index (χ1v) is 5.76. The molecule has 88 valence electrons. The summed E-state index contributed by atoms with van der Waals surface area (Å²) in [6, 6.07) is 0. The predicted molar refractivity (Wildman–Crippen MR) is 60.9 cm³/mol. The molecule has 3 heteroatoms. The molecule has 2 atom stereocenters. The molecule has 2 bridgehead atoms. The highest BCUT2D eigenvalue weighted by Gasteiger charge is 2.34. The van der Waals surface area contributed by atoms with Gasteiger partial charge in [0.25, 0.3) is 0 Å². The summed E-state index contributed by atoms with van der Waals surface area (Å²) in [4.78, 5) is 11.7. The normalized spacial score (nSPS) is 32.9. The van der Waals surface area contributed by atoms with Crippen LogP contribution >= 0.6 is 0 Å². The Kier molecular flexibility index (Phi) is 3.15. The highest BCUT2D eigenvalue weighted by molar-refractivity contribution is 5.90. The molecule has 0 aromatic heterocycles. The van der Waals surface area contributed by atoms with Crippen LogP contribution in [0.3, 0.4) is 0 Å². The number of methoxy groups -OCH3 is 2. The number of esters is 1. The van der Waals surface area contributed by atoms with Crippen LogP contribution in [0.1, 0.15) is 25.7 Å². The molecule has 3 nitrogen and oxygen atoms in total. The Labute approximate surface area is 96.1 Å². The van der Waals surface area contributed by atoms with Crippen molar-refractivity contribution < 1.29 is 14.3 Å². The number of hydrogen-bond donors (Lipinski definition) is 0. The van der Waals surface area contributed by atoms with Crippen molar-refractivity contribution in [2.75, 3.05) is 14.2 Å². The largest absolute Gasteiger partial charge is 0.466 e. The zero-order valence-electron chi connectivity index (χ0n) is 9.86. The molecule has 0 saturated carbocycles. The average molecular weight is 222 g/mol. The molecule has 0 heterocycles. The van der Waals surface area contributed by atoms with E-state index in [4.69, 9.17) is 9.47 Å². The van der Waals surface area contributed by atoms with Crippen LogP contribution in [0.2, 0.25) is 0 Å². The summed E-state index contributed by atoms with van der Waals surface area (Å²) in [5.41, 5.74) is 0.368. The minimum absolute atomic E-state index is 0.205. The molecule has 3 aliphatic carbocycles. The van der Waals surface area contributed by atoms with Gasteiger partial charge in [0.15, 0.2) is 0 Å². The van der Waals surface area contributed by atoms with E-state index in [1.807, 2.05) is 6.08 Å². The van der Waals surface area contributed by atoms with Crippen LogP contribution in [0.15, 0.2) is 23.8 Å². The monoisotopic (exact) mass is 222 g/mol. The third kappa shape index (κ3) is 1.92. The molecule has 0 aromatic rings. The number of ether oxygens (including phenoxy) is 2. The van der Waals surface area contributed by atoms with E-state index >= 15 is 0 Å². The number of fused-ring (bicyclic) bond motifs is 3. The Morgan fingerprint density at radius 1 is 1.44 bits per heavy atom. The van der Waals surface area contributed by atoms with Crippen molar-refractivity contribution in [1.82, 2.24) is 0 Å². The molecule has 0 saturated heterocycles. The molecule has 0 amide bonds. The summed E-state index contributed by atoms with van der Waals surface area (Å²) in [5.74, 6) is -0.0197. The Morgan fingerprint density at radius 2 is 2.25 bits per heavy atom. The predicted octanol–water partition coefficient (Wildman–Crippen LogP) is 2.23. The van der Waals surface area contributed by atoms with Gasteiger partial charge in [-0.15, -0.1) is 0 Å². The summed E-state index contributed by atoms with van der Waals surface area (Å²) in [6.07, 6.45) is 10.4. The third-order valence-electron chi connectivity index (χ3n) is 3.54. The minimum Gasteiger partial charge on any atom is -0.466 e. The molecule has 0 aromatic carbocycles. The van der Waals surface area contributed by atoms with Crippen LogP contribution < -0.4 is 0 Å². The van der Waals surface area contributed by atoms with E-state index in [1.54, 1.807) is 7.11 Å². The van der Waals surface area contributed by atoms with Gasteiger partial charge in [-0.05, 0) is 25.3 Å². The van der Waals surface area contributed by atoms with Crippen LogP contribution in [-0.4, -0.2) is 25.8 Å². The molecule has 0 aliphatic heterocycles. The summed E-state index contributed by atoms with van der Waals surface area (Å²) in [5, 5.41) is 0. The highest BCUT2D eigenvalue weighted by atomic mass is 16.5. The van der Waals surface area contributed by atoms with Gasteiger partial charge >= 0.3 is 5.97 Å². The minimum atomic E-state index is -0.388. The summed E-state index contributed by atoms with van der Waals surface area (Å²) < 4.78 is 10.4. The van der Waals surface area contributed by atoms with Crippen LogP contribution in [0.5, 0.6) is 0 Å². The van der Waals surface area contributed by atoms with Gasteiger partial charge < -0.3 is 9.47 Å². The molecular formula is C13H18O3. The number of rotatable bonds is 2. The third-order valence-corrected chi connectivity index (χ3v) is 3.54. The lowest BCUT2D eigenvalue weighted by atomic mass is 9.78. The van der Waals surface area contributed by atoms with Crippen molar-refractivity contribution in [3.8, 4) is 0 Å². The zero-order chi connectivity index (χ0) is 11.6. The smallest absolute Gasteiger partial charge is 0.334 e. The lowest BCUT2D eigenvalue weighted by Gasteiger charge is -2.34. The lowest BCUT2D eigenvalue weighted by molar-refractivity contribution is -0.136. The molecule has 0 unspecified atom stereocenters. The number of carbonyl (C=O) groups is 1. The van der Waals surface area contributed by atoms with E-state index < -0.39 is 0 Å². The Morgan fingerprint density at radius 3 is 2.94 bits per heavy atom. The van der Waals surface area contributed by atoms with Crippen molar-refractivity contribution in [2.45, 2.75) is 31.3 Å². The van der Waals surface area contributed by atoms with Crippen molar-refractivity contribution in [2.24, 2.45) is 5.92 Å². The topological polar surface area (TPSA) is 35.5 Å². The number of carbonyl (C=O) groups excluding carboxylic acids is 1. The maximum Gasteiger partial charge on any atom is 0.334 e. The van der Waals surface area contributed by atoms with Crippen LogP contribution in [-0.2, 0) is 14.3 Å². The molecular weight excluding hydrogens is 204 g/mol. The summed E-state index contributed by atoms with van der Waals surface area (Å²) in [7, 11) is 3.12. The van der Waals surface area contributed by atoms with Gasteiger partial charge in [-0.3, -0.25) is 0 Å². The first-order chi connectivity index (χ1) is 7.71. The second-order valence-corrected chi connectivity index (χ2v) is 4.46. The van der Waals surface area contributed by atoms with Gasteiger partial charge in [0.1, 0.15) is 5.60 Å². The van der Waals surface area contributed by atoms with Gasteiger partial charge in [-0.2, -0.15) is 0 Å².